The minimum absolute atomic E-state index is 0.150. The Bertz CT molecular complexity index is 1950. The van der Waals surface area contributed by atoms with Gasteiger partial charge in [-0.25, -0.2) is 0 Å². The fourth-order valence-corrected chi connectivity index (χ4v) is 13.8. The van der Waals surface area contributed by atoms with E-state index in [0.29, 0.717) is 23.9 Å². The van der Waals surface area contributed by atoms with Gasteiger partial charge in [0.1, 0.15) is 13.2 Å². The molecule has 2 atom stereocenters. The first-order valence-electron chi connectivity index (χ1n) is 45.6. The highest BCUT2D eigenvalue weighted by Crippen LogP contribution is 2.21. The lowest BCUT2D eigenvalue weighted by Crippen LogP contribution is -2.44. The first kappa shape index (κ1) is 101. The molecule has 0 aliphatic rings. The van der Waals surface area contributed by atoms with Crippen LogP contribution >= 0.6 is 0 Å². The Labute approximate surface area is 647 Å². The zero-order valence-electron chi connectivity index (χ0n) is 69.9. The first-order valence-corrected chi connectivity index (χ1v) is 45.6. The molecule has 0 spiro atoms. The van der Waals surface area contributed by atoms with E-state index < -0.39 is 24.3 Å². The van der Waals surface area contributed by atoms with Crippen molar-refractivity contribution in [3.8, 4) is 0 Å². The summed E-state index contributed by atoms with van der Waals surface area (Å²) >= 11 is 0. The van der Waals surface area contributed by atoms with E-state index in [9.17, 15) is 19.5 Å². The van der Waals surface area contributed by atoms with Gasteiger partial charge in [-0.05, 0) is 64.2 Å². The van der Waals surface area contributed by atoms with Crippen molar-refractivity contribution < 1.29 is 42.9 Å². The lowest BCUT2D eigenvalue weighted by Gasteiger charge is -2.26. The molecule has 0 aromatic carbocycles. The number of carbonyl (C=O) groups is 3. The highest BCUT2D eigenvalue weighted by atomic mass is 16.7. The predicted molar refractivity (Wildman–Crippen MR) is 449 cm³/mol. The minimum atomic E-state index is -1.62. The van der Waals surface area contributed by atoms with Crippen LogP contribution in [0, 0.1) is 0 Å². The fourth-order valence-electron chi connectivity index (χ4n) is 13.8. The van der Waals surface area contributed by atoms with Gasteiger partial charge in [0, 0.05) is 12.8 Å². The molecule has 0 N–H and O–H groups in total. The summed E-state index contributed by atoms with van der Waals surface area (Å²) in [5.41, 5.74) is 0. The van der Waals surface area contributed by atoms with E-state index in [4.69, 9.17) is 18.9 Å². The lowest BCUT2D eigenvalue weighted by atomic mass is 10.0. The van der Waals surface area contributed by atoms with Crippen LogP contribution < -0.4 is 5.11 Å². The molecule has 0 aliphatic heterocycles. The molecule has 104 heavy (non-hydrogen) atoms. The van der Waals surface area contributed by atoms with Crippen LogP contribution in [-0.4, -0.2) is 82.3 Å². The minimum Gasteiger partial charge on any atom is -0.545 e. The van der Waals surface area contributed by atoms with Gasteiger partial charge in [-0.3, -0.25) is 9.59 Å². The van der Waals surface area contributed by atoms with Gasteiger partial charge in [-0.2, -0.15) is 0 Å². The summed E-state index contributed by atoms with van der Waals surface area (Å²) in [6.45, 7) is 4.71. The molecule has 0 saturated heterocycles. The molecule has 0 amide bonds. The van der Waals surface area contributed by atoms with E-state index in [2.05, 4.69) is 86.8 Å². The van der Waals surface area contributed by atoms with Crippen LogP contribution in [0.1, 0.15) is 457 Å². The van der Waals surface area contributed by atoms with Crippen molar-refractivity contribution in [1.29, 1.82) is 0 Å². The predicted octanol–water partition coefficient (Wildman–Crippen LogP) is 28.6. The highest BCUT2D eigenvalue weighted by molar-refractivity contribution is 5.70. The maximum atomic E-state index is 13.0. The third-order valence-corrected chi connectivity index (χ3v) is 20.7. The normalized spacial score (nSPS) is 12.9. The summed E-state index contributed by atoms with van der Waals surface area (Å²) in [5.74, 6) is -2.25. The number of unbranched alkanes of at least 4 members (excludes halogenated alkanes) is 59. The average molecular weight is 1460 g/mol. The van der Waals surface area contributed by atoms with Crippen LogP contribution in [0.4, 0.5) is 0 Å². The number of likely N-dealkylation sites (N-methyl/N-ethyl adjacent to an activating group) is 1. The van der Waals surface area contributed by atoms with E-state index in [1.807, 2.05) is 21.1 Å². The lowest BCUT2D eigenvalue weighted by molar-refractivity contribution is -0.870. The number of allylic oxidation sites excluding steroid dienone is 12. The quantitative estimate of drug-likeness (QED) is 0.0195. The van der Waals surface area contributed by atoms with Gasteiger partial charge < -0.3 is 33.3 Å². The summed E-state index contributed by atoms with van der Waals surface area (Å²) < 4.78 is 22.9. The largest absolute Gasteiger partial charge is 0.545 e. The molecule has 0 radical (unpaired) electrons. The second-order valence-corrected chi connectivity index (χ2v) is 32.2. The van der Waals surface area contributed by atoms with Gasteiger partial charge in [0.2, 0.25) is 0 Å². The van der Waals surface area contributed by atoms with Gasteiger partial charge in [-0.1, -0.05) is 453 Å². The SMILES string of the molecule is CC/C=C\C/C=C\C/C=C\C/C=C\C/C=C\C/C=C\CCCCCCCCCCCCCCCCCCCCCCC(=O)OC(COC(=O)CCCCCCCCCCCCCCCCCCCCCCCCCCCCCCCCCCCCCCCCCC)COC(OCC[N+](C)(C)C)C(=O)[O-]. The molecule has 0 rings (SSSR count). The summed E-state index contributed by atoms with van der Waals surface area (Å²) in [7, 11) is 5.96. The molecule has 0 aliphatic carbocycles. The Hall–Kier alpha value is -3.27. The molecule has 9 nitrogen and oxygen atoms in total. The second-order valence-electron chi connectivity index (χ2n) is 32.2. The van der Waals surface area contributed by atoms with E-state index >= 15 is 0 Å². The molecule has 2 unspecified atom stereocenters. The van der Waals surface area contributed by atoms with E-state index in [0.717, 1.165) is 70.6 Å². The van der Waals surface area contributed by atoms with Crippen molar-refractivity contribution in [2.24, 2.45) is 0 Å². The number of hydrogen-bond donors (Lipinski definition) is 0. The summed E-state index contributed by atoms with van der Waals surface area (Å²) in [6, 6.07) is 0. The van der Waals surface area contributed by atoms with Crippen LogP contribution in [0.2, 0.25) is 0 Å². The zero-order chi connectivity index (χ0) is 75.3. The van der Waals surface area contributed by atoms with Crippen LogP contribution in [0.15, 0.2) is 72.9 Å². The zero-order valence-corrected chi connectivity index (χ0v) is 69.9. The third-order valence-electron chi connectivity index (χ3n) is 20.7. The van der Waals surface area contributed by atoms with Crippen molar-refractivity contribution in [3.05, 3.63) is 72.9 Å². The van der Waals surface area contributed by atoms with Crippen LogP contribution in [-0.2, 0) is 33.3 Å². The average Bonchev–Trinajstić information content (AvgIpc) is 1.13. The van der Waals surface area contributed by atoms with Crippen LogP contribution in [0.3, 0.4) is 0 Å². The fraction of sp³-hybridized carbons (Fsp3) is 0.842. The number of hydrogen-bond acceptors (Lipinski definition) is 8. The molecule has 0 bridgehead atoms. The third kappa shape index (κ3) is 86.0. The standard InChI is InChI=1S/C95H175NO8/c1-6-8-10-12-14-16-18-20-22-24-26-28-30-32-34-36-38-40-42-44-46-48-49-51-53-55-57-59-61-63-65-67-69-71-73-75-77-79-81-83-85-92(97)102-89-91(90-103-95(94(99)100)101-88-87-96(3,4)5)104-93(98)86-84-82-80-78-76-74-72-70-68-66-64-62-60-58-56-54-52-50-47-45-43-41-39-37-35-33-31-29-27-25-23-21-19-17-15-13-11-9-7-2/h9,11,15,17,21,23,27,29,33,35,39,41,91,95H,6-8,10,12-14,16,18-20,22,24-26,28,30-32,34,36-38,40,42-90H2,1-5H3/b11-9-,17-15-,23-21-,29-27-,35-33-,41-39-. The van der Waals surface area contributed by atoms with Crippen LogP contribution in [0.25, 0.3) is 0 Å². The Balaban J connectivity index is 3.90. The van der Waals surface area contributed by atoms with Crippen molar-refractivity contribution in [3.63, 3.8) is 0 Å². The van der Waals surface area contributed by atoms with Crippen LogP contribution in [0.5, 0.6) is 0 Å². The molecular weight excluding hydrogens is 1280 g/mol. The topological polar surface area (TPSA) is 111 Å². The molecule has 0 aromatic heterocycles. The molecular formula is C95H175NO8. The smallest absolute Gasteiger partial charge is 0.306 e. The van der Waals surface area contributed by atoms with Crippen molar-refractivity contribution in [2.45, 2.75) is 469 Å². The summed E-state index contributed by atoms with van der Waals surface area (Å²) in [4.78, 5) is 37.7. The number of carboxylic acid groups (broad SMARTS) is 1. The molecule has 0 heterocycles. The van der Waals surface area contributed by atoms with E-state index in [1.54, 1.807) is 0 Å². The summed E-state index contributed by atoms with van der Waals surface area (Å²) in [5, 5.41) is 11.9. The number of aliphatic carboxylic acids is 1. The van der Waals surface area contributed by atoms with Crippen molar-refractivity contribution in [1.82, 2.24) is 0 Å². The maximum Gasteiger partial charge on any atom is 0.306 e. The number of quaternary nitrogens is 1. The molecule has 0 aromatic rings. The number of ether oxygens (including phenoxy) is 4. The van der Waals surface area contributed by atoms with Crippen molar-refractivity contribution >= 4 is 17.9 Å². The van der Waals surface area contributed by atoms with Gasteiger partial charge >= 0.3 is 11.9 Å². The number of esters is 2. The Morgan fingerprint density at radius 2 is 0.548 bits per heavy atom. The summed E-state index contributed by atoms with van der Waals surface area (Å²) in [6.07, 6.45) is 114. The van der Waals surface area contributed by atoms with Gasteiger partial charge in [0.05, 0.1) is 40.3 Å². The highest BCUT2D eigenvalue weighted by Gasteiger charge is 2.22. The molecule has 608 valence electrons. The molecule has 9 heteroatoms. The van der Waals surface area contributed by atoms with Gasteiger partial charge in [0.25, 0.3) is 0 Å². The maximum absolute atomic E-state index is 13.0. The van der Waals surface area contributed by atoms with E-state index in [1.165, 1.54) is 353 Å². The number of carbonyl (C=O) groups excluding carboxylic acids is 3. The first-order chi connectivity index (χ1) is 51.1. The number of rotatable bonds is 86. The Kier molecular flexibility index (Phi) is 82.7. The van der Waals surface area contributed by atoms with E-state index in [-0.39, 0.29) is 32.2 Å². The molecule has 0 saturated carbocycles. The number of nitrogens with zero attached hydrogens (tertiary/aromatic N) is 1. The Morgan fingerprint density at radius 3 is 0.817 bits per heavy atom. The van der Waals surface area contributed by atoms with Gasteiger partial charge in [0.15, 0.2) is 12.4 Å². The van der Waals surface area contributed by atoms with Gasteiger partial charge in [-0.15, -0.1) is 0 Å². The molecule has 0 fully saturated rings. The monoisotopic (exact) mass is 1460 g/mol. The Morgan fingerprint density at radius 1 is 0.298 bits per heavy atom. The van der Waals surface area contributed by atoms with Crippen molar-refractivity contribution in [2.75, 3.05) is 47.5 Å². The number of carboxylic acids is 1. The second kappa shape index (κ2) is 85.3.